The van der Waals surface area contributed by atoms with Crippen molar-refractivity contribution in [3.63, 3.8) is 0 Å². The van der Waals surface area contributed by atoms with E-state index in [-0.39, 0.29) is 5.91 Å². The molecule has 0 spiro atoms. The molecule has 1 N–H and O–H groups in total. The van der Waals surface area contributed by atoms with Crippen molar-refractivity contribution in [2.45, 2.75) is 33.2 Å². The minimum atomic E-state index is 0.0801. The second-order valence-corrected chi connectivity index (χ2v) is 6.11. The van der Waals surface area contributed by atoms with E-state index in [1.54, 1.807) is 0 Å². The summed E-state index contributed by atoms with van der Waals surface area (Å²) in [5, 5.41) is 3.02. The lowest BCUT2D eigenvalue weighted by Crippen LogP contribution is -2.27. The average Bonchev–Trinajstić information content (AvgIpc) is 2.89. The minimum absolute atomic E-state index is 0.0801. The third-order valence-corrected chi connectivity index (χ3v) is 4.34. The zero-order valence-electron chi connectivity index (χ0n) is 14.2. The Morgan fingerprint density at radius 3 is 2.67 bits per heavy atom. The van der Waals surface area contributed by atoms with E-state index in [1.165, 1.54) is 0 Å². The first kappa shape index (κ1) is 16.2. The number of imidazole rings is 1. The summed E-state index contributed by atoms with van der Waals surface area (Å²) >= 11 is 0. The zero-order chi connectivity index (χ0) is 16.9. The molecule has 1 aromatic heterocycles. The van der Waals surface area contributed by atoms with Crippen molar-refractivity contribution in [3.8, 4) is 0 Å². The van der Waals surface area contributed by atoms with Gasteiger partial charge in [0.1, 0.15) is 5.82 Å². The van der Waals surface area contributed by atoms with Gasteiger partial charge in [-0.05, 0) is 43.5 Å². The molecule has 0 aliphatic carbocycles. The second kappa shape index (κ2) is 7.30. The van der Waals surface area contributed by atoms with Gasteiger partial charge in [0, 0.05) is 13.1 Å². The number of aromatic nitrogens is 2. The molecule has 0 aliphatic rings. The van der Waals surface area contributed by atoms with E-state index >= 15 is 0 Å². The van der Waals surface area contributed by atoms with Crippen LogP contribution in [0.2, 0.25) is 0 Å². The van der Waals surface area contributed by atoms with Gasteiger partial charge in [0.15, 0.2) is 0 Å². The number of carbonyl (C=O) groups is 1. The number of para-hydroxylation sites is 2. The third-order valence-electron chi connectivity index (χ3n) is 4.34. The Hall–Kier alpha value is -2.62. The number of hydrogen-bond acceptors (Lipinski definition) is 2. The van der Waals surface area contributed by atoms with Crippen molar-refractivity contribution in [1.29, 1.82) is 0 Å². The molecule has 3 rings (SSSR count). The normalized spacial score (nSPS) is 10.9. The van der Waals surface area contributed by atoms with Crippen LogP contribution in [0.25, 0.3) is 11.0 Å². The van der Waals surface area contributed by atoms with Crippen LogP contribution in [0.15, 0.2) is 48.5 Å². The maximum absolute atomic E-state index is 12.1. The molecular formula is C20H23N3O. The van der Waals surface area contributed by atoms with Crippen molar-refractivity contribution in [1.82, 2.24) is 14.9 Å². The number of amides is 1. The molecule has 2 aromatic carbocycles. The highest BCUT2D eigenvalue weighted by Crippen LogP contribution is 2.15. The predicted molar refractivity (Wildman–Crippen MR) is 97.0 cm³/mol. The summed E-state index contributed by atoms with van der Waals surface area (Å²) in [4.78, 5) is 16.6. The quantitative estimate of drug-likeness (QED) is 0.707. The Kier molecular flexibility index (Phi) is 4.94. The number of fused-ring (bicyclic) bond motifs is 1. The molecule has 124 valence electrons. The van der Waals surface area contributed by atoms with Crippen LogP contribution in [0.5, 0.6) is 0 Å². The standard InChI is InChI=1S/C20H23N3O/c1-15-8-3-4-9-17(15)14-20(24)21-12-7-13-23-16(2)22-18-10-5-6-11-19(18)23/h3-6,8-11H,7,12-14H2,1-2H3,(H,21,24). The van der Waals surface area contributed by atoms with Crippen LogP contribution in [0.1, 0.15) is 23.4 Å². The van der Waals surface area contributed by atoms with E-state index in [1.807, 2.05) is 56.3 Å². The number of nitrogens with one attached hydrogen (secondary N) is 1. The first-order valence-electron chi connectivity index (χ1n) is 8.38. The first-order chi connectivity index (χ1) is 11.6. The van der Waals surface area contributed by atoms with Gasteiger partial charge in [-0.3, -0.25) is 4.79 Å². The van der Waals surface area contributed by atoms with Gasteiger partial charge in [0.2, 0.25) is 5.91 Å². The molecule has 0 fully saturated rings. The van der Waals surface area contributed by atoms with Gasteiger partial charge in [0.25, 0.3) is 0 Å². The molecule has 0 saturated carbocycles. The van der Waals surface area contributed by atoms with Crippen molar-refractivity contribution in [3.05, 3.63) is 65.5 Å². The topological polar surface area (TPSA) is 46.9 Å². The Morgan fingerprint density at radius 2 is 1.83 bits per heavy atom. The SMILES string of the molecule is Cc1ccccc1CC(=O)NCCCn1c(C)nc2ccccc21. The molecule has 1 amide bonds. The highest BCUT2D eigenvalue weighted by Gasteiger charge is 2.07. The van der Waals surface area contributed by atoms with Gasteiger partial charge in [-0.25, -0.2) is 4.98 Å². The minimum Gasteiger partial charge on any atom is -0.356 e. The Bertz CT molecular complexity index is 851. The lowest BCUT2D eigenvalue weighted by Gasteiger charge is -2.09. The summed E-state index contributed by atoms with van der Waals surface area (Å²) in [6.07, 6.45) is 1.33. The molecular weight excluding hydrogens is 298 g/mol. The van der Waals surface area contributed by atoms with Crippen molar-refractivity contribution in [2.24, 2.45) is 0 Å². The number of carbonyl (C=O) groups excluding carboxylic acids is 1. The molecule has 3 aromatic rings. The van der Waals surface area contributed by atoms with Crippen LogP contribution in [0.3, 0.4) is 0 Å². The Morgan fingerprint density at radius 1 is 1.08 bits per heavy atom. The van der Waals surface area contributed by atoms with Gasteiger partial charge in [-0.1, -0.05) is 36.4 Å². The van der Waals surface area contributed by atoms with Gasteiger partial charge in [0.05, 0.1) is 17.5 Å². The summed E-state index contributed by atoms with van der Waals surface area (Å²) in [6, 6.07) is 16.2. The van der Waals surface area contributed by atoms with E-state index < -0.39 is 0 Å². The largest absolute Gasteiger partial charge is 0.356 e. The van der Waals surface area contributed by atoms with Crippen molar-refractivity contribution in [2.75, 3.05) is 6.54 Å². The van der Waals surface area contributed by atoms with Gasteiger partial charge in [-0.2, -0.15) is 0 Å². The van der Waals surface area contributed by atoms with Crippen LogP contribution in [0.4, 0.5) is 0 Å². The second-order valence-electron chi connectivity index (χ2n) is 6.11. The summed E-state index contributed by atoms with van der Waals surface area (Å²) in [7, 11) is 0. The number of hydrogen-bond donors (Lipinski definition) is 1. The van der Waals surface area contributed by atoms with Crippen molar-refractivity contribution >= 4 is 16.9 Å². The van der Waals surface area contributed by atoms with Crippen LogP contribution in [-0.2, 0) is 17.8 Å². The fourth-order valence-corrected chi connectivity index (χ4v) is 2.99. The molecule has 0 bridgehead atoms. The highest BCUT2D eigenvalue weighted by molar-refractivity contribution is 5.79. The van der Waals surface area contributed by atoms with E-state index in [9.17, 15) is 4.79 Å². The highest BCUT2D eigenvalue weighted by atomic mass is 16.1. The summed E-state index contributed by atoms with van der Waals surface area (Å²) in [5.74, 6) is 1.10. The first-order valence-corrected chi connectivity index (χ1v) is 8.38. The fraction of sp³-hybridized carbons (Fsp3) is 0.300. The Labute approximate surface area is 142 Å². The number of aryl methyl sites for hydroxylation is 3. The molecule has 0 aliphatic heterocycles. The van der Waals surface area contributed by atoms with E-state index in [0.717, 1.165) is 41.0 Å². The lowest BCUT2D eigenvalue weighted by atomic mass is 10.1. The molecule has 24 heavy (non-hydrogen) atoms. The van der Waals surface area contributed by atoms with E-state index in [2.05, 4.69) is 20.9 Å². The molecule has 4 nitrogen and oxygen atoms in total. The van der Waals surface area contributed by atoms with Crippen LogP contribution in [0, 0.1) is 13.8 Å². The number of nitrogens with zero attached hydrogens (tertiary/aromatic N) is 2. The molecule has 0 radical (unpaired) electrons. The molecule has 0 saturated heterocycles. The lowest BCUT2D eigenvalue weighted by molar-refractivity contribution is -0.120. The fourth-order valence-electron chi connectivity index (χ4n) is 2.99. The van der Waals surface area contributed by atoms with E-state index in [4.69, 9.17) is 0 Å². The maximum Gasteiger partial charge on any atom is 0.224 e. The van der Waals surface area contributed by atoms with Crippen LogP contribution in [-0.4, -0.2) is 22.0 Å². The summed E-state index contributed by atoms with van der Waals surface area (Å²) in [6.45, 7) is 5.60. The number of rotatable bonds is 6. The zero-order valence-corrected chi connectivity index (χ0v) is 14.2. The van der Waals surface area contributed by atoms with Gasteiger partial charge >= 0.3 is 0 Å². The Balaban J connectivity index is 1.51. The molecule has 4 heteroatoms. The van der Waals surface area contributed by atoms with Gasteiger partial charge < -0.3 is 9.88 Å². The number of benzene rings is 2. The maximum atomic E-state index is 12.1. The van der Waals surface area contributed by atoms with Crippen LogP contribution < -0.4 is 5.32 Å². The molecule has 0 atom stereocenters. The average molecular weight is 321 g/mol. The smallest absolute Gasteiger partial charge is 0.224 e. The van der Waals surface area contributed by atoms with Crippen LogP contribution >= 0.6 is 0 Å². The van der Waals surface area contributed by atoms with E-state index in [0.29, 0.717) is 13.0 Å². The molecule has 1 heterocycles. The van der Waals surface area contributed by atoms with Crippen molar-refractivity contribution < 1.29 is 4.79 Å². The monoisotopic (exact) mass is 321 g/mol. The third kappa shape index (κ3) is 3.65. The predicted octanol–water partition coefficient (Wildman–Crippen LogP) is 3.40. The van der Waals surface area contributed by atoms with Gasteiger partial charge in [-0.15, -0.1) is 0 Å². The summed E-state index contributed by atoms with van der Waals surface area (Å²) < 4.78 is 2.21. The molecule has 0 unspecified atom stereocenters. The summed E-state index contributed by atoms with van der Waals surface area (Å²) in [5.41, 5.74) is 4.43.